The lowest BCUT2D eigenvalue weighted by Gasteiger charge is -2.12. The standard InChI is InChI=1S/C19H19BrO3/c1-4-23-19-16(20)11-14(12-18(19)22-3)7-10-17(21)15-8-5-13(2)6-9-15/h5-12H,4H2,1-3H3/b10-7+. The van der Waals surface area contributed by atoms with Gasteiger partial charge in [-0.2, -0.15) is 0 Å². The molecule has 0 bridgehead atoms. The molecule has 0 aliphatic rings. The Morgan fingerprint density at radius 1 is 1.22 bits per heavy atom. The molecule has 0 spiro atoms. The van der Waals surface area contributed by atoms with Crippen molar-refractivity contribution in [1.29, 1.82) is 0 Å². The third-order valence-electron chi connectivity index (χ3n) is 3.30. The molecule has 0 heterocycles. The van der Waals surface area contributed by atoms with Crippen LogP contribution in [0.3, 0.4) is 0 Å². The van der Waals surface area contributed by atoms with E-state index in [4.69, 9.17) is 9.47 Å². The van der Waals surface area contributed by atoms with E-state index in [2.05, 4.69) is 15.9 Å². The minimum Gasteiger partial charge on any atom is -0.493 e. The molecule has 23 heavy (non-hydrogen) atoms. The maximum absolute atomic E-state index is 12.2. The molecule has 0 atom stereocenters. The zero-order valence-electron chi connectivity index (χ0n) is 13.4. The van der Waals surface area contributed by atoms with Crippen molar-refractivity contribution < 1.29 is 14.3 Å². The summed E-state index contributed by atoms with van der Waals surface area (Å²) in [7, 11) is 1.59. The second-order valence-electron chi connectivity index (χ2n) is 5.03. The van der Waals surface area contributed by atoms with Gasteiger partial charge in [-0.05, 0) is 53.5 Å². The zero-order chi connectivity index (χ0) is 16.8. The van der Waals surface area contributed by atoms with Gasteiger partial charge in [0, 0.05) is 5.56 Å². The first kappa shape index (κ1) is 17.3. The molecule has 0 amide bonds. The molecule has 0 aliphatic carbocycles. The normalized spacial score (nSPS) is 10.8. The van der Waals surface area contributed by atoms with Crippen molar-refractivity contribution in [2.75, 3.05) is 13.7 Å². The van der Waals surface area contributed by atoms with Crippen LogP contribution in [0.4, 0.5) is 0 Å². The summed E-state index contributed by atoms with van der Waals surface area (Å²) in [5.74, 6) is 1.26. The van der Waals surface area contributed by atoms with Gasteiger partial charge in [-0.25, -0.2) is 0 Å². The Morgan fingerprint density at radius 2 is 1.91 bits per heavy atom. The van der Waals surface area contributed by atoms with Gasteiger partial charge in [0.15, 0.2) is 17.3 Å². The van der Waals surface area contributed by atoms with Gasteiger partial charge in [0.1, 0.15) is 0 Å². The first-order valence-electron chi connectivity index (χ1n) is 7.34. The van der Waals surface area contributed by atoms with Crippen molar-refractivity contribution in [3.05, 3.63) is 63.6 Å². The van der Waals surface area contributed by atoms with Gasteiger partial charge in [-0.3, -0.25) is 4.79 Å². The Balaban J connectivity index is 2.23. The third kappa shape index (κ3) is 4.45. The van der Waals surface area contributed by atoms with Crippen LogP contribution in [0.5, 0.6) is 11.5 Å². The molecule has 0 unspecified atom stereocenters. The maximum Gasteiger partial charge on any atom is 0.185 e. The quantitative estimate of drug-likeness (QED) is 0.523. The van der Waals surface area contributed by atoms with Crippen molar-refractivity contribution >= 4 is 27.8 Å². The molecule has 0 saturated heterocycles. The molecule has 0 radical (unpaired) electrons. The van der Waals surface area contributed by atoms with Gasteiger partial charge >= 0.3 is 0 Å². The highest BCUT2D eigenvalue weighted by Crippen LogP contribution is 2.37. The number of rotatable bonds is 6. The number of benzene rings is 2. The largest absolute Gasteiger partial charge is 0.493 e. The summed E-state index contributed by atoms with van der Waals surface area (Å²) in [5.41, 5.74) is 2.66. The van der Waals surface area contributed by atoms with Crippen LogP contribution in [0.15, 0.2) is 46.9 Å². The Morgan fingerprint density at radius 3 is 2.52 bits per heavy atom. The predicted octanol–water partition coefficient (Wildman–Crippen LogP) is 5.06. The smallest absolute Gasteiger partial charge is 0.185 e. The van der Waals surface area contributed by atoms with E-state index in [1.807, 2.05) is 50.2 Å². The summed E-state index contributed by atoms with van der Waals surface area (Å²) in [5, 5.41) is 0. The molecular formula is C19H19BrO3. The van der Waals surface area contributed by atoms with Crippen molar-refractivity contribution in [3.8, 4) is 11.5 Å². The lowest BCUT2D eigenvalue weighted by Crippen LogP contribution is -1.97. The van der Waals surface area contributed by atoms with Crippen LogP contribution in [0, 0.1) is 6.92 Å². The van der Waals surface area contributed by atoms with E-state index in [1.165, 1.54) is 0 Å². The summed E-state index contributed by atoms with van der Waals surface area (Å²) in [6.07, 6.45) is 3.33. The van der Waals surface area contributed by atoms with E-state index in [0.717, 1.165) is 15.6 Å². The van der Waals surface area contributed by atoms with Crippen LogP contribution in [0.1, 0.15) is 28.4 Å². The second-order valence-corrected chi connectivity index (χ2v) is 5.89. The average molecular weight is 375 g/mol. The van der Waals surface area contributed by atoms with Crippen LogP contribution >= 0.6 is 15.9 Å². The first-order chi connectivity index (χ1) is 11.0. The average Bonchev–Trinajstić information content (AvgIpc) is 2.55. The van der Waals surface area contributed by atoms with E-state index in [9.17, 15) is 4.79 Å². The van der Waals surface area contributed by atoms with Crippen molar-refractivity contribution in [3.63, 3.8) is 0 Å². The molecular weight excluding hydrogens is 356 g/mol. The molecule has 0 N–H and O–H groups in total. The Kier molecular flexibility index (Phi) is 5.99. The van der Waals surface area contributed by atoms with Crippen molar-refractivity contribution in [1.82, 2.24) is 0 Å². The number of methoxy groups -OCH3 is 1. The Bertz CT molecular complexity index is 718. The minimum absolute atomic E-state index is 0.0334. The van der Waals surface area contributed by atoms with Crippen LogP contribution in [0.2, 0.25) is 0 Å². The number of ketones is 1. The van der Waals surface area contributed by atoms with E-state index in [0.29, 0.717) is 23.7 Å². The molecule has 0 saturated carbocycles. The molecule has 0 aromatic heterocycles. The Hall–Kier alpha value is -2.07. The summed E-state index contributed by atoms with van der Waals surface area (Å²) in [6, 6.07) is 11.3. The minimum atomic E-state index is -0.0334. The van der Waals surface area contributed by atoms with Crippen LogP contribution in [-0.2, 0) is 0 Å². The SMILES string of the molecule is CCOc1c(Br)cc(/C=C/C(=O)c2ccc(C)cc2)cc1OC. The van der Waals surface area contributed by atoms with Crippen molar-refractivity contribution in [2.45, 2.75) is 13.8 Å². The van der Waals surface area contributed by atoms with E-state index in [-0.39, 0.29) is 5.78 Å². The van der Waals surface area contributed by atoms with E-state index >= 15 is 0 Å². The van der Waals surface area contributed by atoms with Gasteiger partial charge in [0.2, 0.25) is 0 Å². The topological polar surface area (TPSA) is 35.5 Å². The predicted molar refractivity (Wildman–Crippen MR) is 96.4 cm³/mol. The number of hydrogen-bond acceptors (Lipinski definition) is 3. The molecule has 0 fully saturated rings. The summed E-state index contributed by atoms with van der Waals surface area (Å²) in [6.45, 7) is 4.46. The number of aryl methyl sites for hydroxylation is 1. The van der Waals surface area contributed by atoms with Crippen LogP contribution in [0.25, 0.3) is 6.08 Å². The highest BCUT2D eigenvalue weighted by Gasteiger charge is 2.10. The summed E-state index contributed by atoms with van der Waals surface area (Å²) < 4.78 is 11.7. The second kappa shape index (κ2) is 7.97. The lowest BCUT2D eigenvalue weighted by atomic mass is 10.1. The fraction of sp³-hybridized carbons (Fsp3) is 0.211. The number of halogens is 1. The summed E-state index contributed by atoms with van der Waals surface area (Å²) >= 11 is 3.48. The van der Waals surface area contributed by atoms with E-state index in [1.54, 1.807) is 19.3 Å². The van der Waals surface area contributed by atoms with E-state index < -0.39 is 0 Å². The monoisotopic (exact) mass is 374 g/mol. The first-order valence-corrected chi connectivity index (χ1v) is 8.14. The van der Waals surface area contributed by atoms with Crippen LogP contribution in [-0.4, -0.2) is 19.5 Å². The summed E-state index contributed by atoms with van der Waals surface area (Å²) in [4.78, 5) is 12.2. The third-order valence-corrected chi connectivity index (χ3v) is 3.89. The van der Waals surface area contributed by atoms with Gasteiger partial charge in [-0.15, -0.1) is 0 Å². The van der Waals surface area contributed by atoms with Gasteiger partial charge in [0.05, 0.1) is 18.2 Å². The van der Waals surface area contributed by atoms with Gasteiger partial charge < -0.3 is 9.47 Å². The molecule has 2 rings (SSSR count). The van der Waals surface area contributed by atoms with Gasteiger partial charge in [-0.1, -0.05) is 35.9 Å². The Labute approximate surface area is 145 Å². The number of ether oxygens (including phenoxy) is 2. The molecule has 3 nitrogen and oxygen atoms in total. The number of allylic oxidation sites excluding steroid dienone is 1. The number of carbonyl (C=O) groups excluding carboxylic acids is 1. The molecule has 0 aliphatic heterocycles. The lowest BCUT2D eigenvalue weighted by molar-refractivity contribution is 0.104. The fourth-order valence-corrected chi connectivity index (χ4v) is 2.68. The van der Waals surface area contributed by atoms with Gasteiger partial charge in [0.25, 0.3) is 0 Å². The zero-order valence-corrected chi connectivity index (χ0v) is 15.0. The molecule has 4 heteroatoms. The molecule has 2 aromatic carbocycles. The highest BCUT2D eigenvalue weighted by molar-refractivity contribution is 9.10. The number of carbonyl (C=O) groups is 1. The molecule has 2 aromatic rings. The van der Waals surface area contributed by atoms with Crippen LogP contribution < -0.4 is 9.47 Å². The highest BCUT2D eigenvalue weighted by atomic mass is 79.9. The number of hydrogen-bond donors (Lipinski definition) is 0. The maximum atomic E-state index is 12.2. The van der Waals surface area contributed by atoms with Crippen molar-refractivity contribution in [2.24, 2.45) is 0 Å². The fourth-order valence-electron chi connectivity index (χ4n) is 2.11. The molecule has 120 valence electrons.